The molecule has 1 unspecified atom stereocenters. The second-order valence-electron chi connectivity index (χ2n) is 14.3. The van der Waals surface area contributed by atoms with Crippen LogP contribution in [0.15, 0.2) is 35.9 Å². The number of fused-ring (bicyclic) bond motifs is 5. The van der Waals surface area contributed by atoms with Crippen LogP contribution in [0.3, 0.4) is 0 Å². The summed E-state index contributed by atoms with van der Waals surface area (Å²) in [6.07, 6.45) is 22.2. The van der Waals surface area contributed by atoms with E-state index < -0.39 is 0 Å². The lowest BCUT2D eigenvalue weighted by Gasteiger charge is -2.58. The number of hydrogen-bond donors (Lipinski definition) is 0. The Morgan fingerprint density at radius 3 is 2.66 bits per heavy atom. The summed E-state index contributed by atoms with van der Waals surface area (Å²) in [6, 6.07) is 7.25. The maximum absolute atomic E-state index is 12.9. The number of carbonyl (C=O) groups excluding carboxylic acids is 1. The van der Waals surface area contributed by atoms with Crippen molar-refractivity contribution in [2.24, 2.45) is 46.3 Å². The largest absolute Gasteiger partial charge is 0.458 e. The molecule has 5 rings (SSSR count). The van der Waals surface area contributed by atoms with E-state index in [1.807, 2.05) is 12.1 Å². The van der Waals surface area contributed by atoms with Crippen LogP contribution in [0.1, 0.15) is 121 Å². The molecule has 0 aliphatic heterocycles. The van der Waals surface area contributed by atoms with Crippen LogP contribution in [0, 0.1) is 58.7 Å². The van der Waals surface area contributed by atoms with Gasteiger partial charge in [0.25, 0.3) is 0 Å². The van der Waals surface area contributed by atoms with E-state index >= 15 is 0 Å². The normalized spacial score (nSPS) is 36.9. The third-order valence-electron chi connectivity index (χ3n) is 11.8. The zero-order chi connectivity index (χ0) is 27.1. The third kappa shape index (κ3) is 5.00. The zero-order valence-electron chi connectivity index (χ0n) is 24.6. The molecular formula is C36H50O2. The predicted molar refractivity (Wildman–Crippen MR) is 157 cm³/mol. The molecule has 38 heavy (non-hydrogen) atoms. The standard InChI is InChI=1S/C36H50O2/c1-7-26-12-9-13-27(22-26)34(37)38-29-18-20-35(5)28(23-29)14-15-30-32-17-16-31(25(4)11-8-10-24(2)3)36(32,6)21-19-33(30)35/h1,9,12-14,22,24-25,29-33H,8,10-11,15-21,23H2,2-6H3/t25-,29?,30+,31-,32+,33+,35+,36-/m1/s1. The smallest absolute Gasteiger partial charge is 0.338 e. The van der Waals surface area contributed by atoms with Crippen LogP contribution in [0.25, 0.3) is 0 Å². The van der Waals surface area contributed by atoms with E-state index in [4.69, 9.17) is 11.2 Å². The number of terminal acetylenes is 1. The molecule has 206 valence electrons. The van der Waals surface area contributed by atoms with Crippen LogP contribution in [-0.2, 0) is 4.74 Å². The van der Waals surface area contributed by atoms with Crippen molar-refractivity contribution >= 4 is 5.97 Å². The number of benzene rings is 1. The van der Waals surface area contributed by atoms with Crippen molar-refractivity contribution in [3.05, 3.63) is 47.0 Å². The molecule has 4 aliphatic carbocycles. The van der Waals surface area contributed by atoms with Gasteiger partial charge in [0.15, 0.2) is 0 Å². The fourth-order valence-corrected chi connectivity index (χ4v) is 9.71. The van der Waals surface area contributed by atoms with Gasteiger partial charge in [-0.15, -0.1) is 6.42 Å². The van der Waals surface area contributed by atoms with Crippen molar-refractivity contribution in [2.75, 3.05) is 0 Å². The molecule has 3 fully saturated rings. The molecule has 0 radical (unpaired) electrons. The van der Waals surface area contributed by atoms with Crippen LogP contribution >= 0.6 is 0 Å². The minimum atomic E-state index is -0.238. The number of ether oxygens (including phenoxy) is 1. The SMILES string of the molecule is C#Cc1cccc(C(=O)OC2CC[C@@]3(C)C(=CC[C@H]4[C@@H]5CC[C@H]([C@H](C)CCCC(C)C)[C@@]5(C)CC[C@@H]43)C2)c1. The lowest BCUT2D eigenvalue weighted by molar-refractivity contribution is -0.0594. The first-order chi connectivity index (χ1) is 18.2. The van der Waals surface area contributed by atoms with Gasteiger partial charge in [-0.05, 0) is 109 Å². The Morgan fingerprint density at radius 2 is 1.89 bits per heavy atom. The van der Waals surface area contributed by atoms with Gasteiger partial charge in [-0.2, -0.15) is 0 Å². The number of rotatable bonds is 7. The quantitative estimate of drug-likeness (QED) is 0.206. The maximum atomic E-state index is 12.9. The van der Waals surface area contributed by atoms with Gasteiger partial charge in [0.05, 0.1) is 5.56 Å². The first-order valence-corrected chi connectivity index (χ1v) is 15.6. The molecule has 0 N–H and O–H groups in total. The Kier molecular flexibility index (Phi) is 7.88. The Labute approximate surface area is 232 Å². The Balaban J connectivity index is 1.25. The molecule has 0 heterocycles. The summed E-state index contributed by atoms with van der Waals surface area (Å²) < 4.78 is 6.03. The molecule has 4 aliphatic rings. The molecule has 1 aromatic rings. The molecule has 1 aromatic carbocycles. The van der Waals surface area contributed by atoms with E-state index in [-0.39, 0.29) is 17.5 Å². The van der Waals surface area contributed by atoms with E-state index in [0.29, 0.717) is 11.0 Å². The third-order valence-corrected chi connectivity index (χ3v) is 11.8. The topological polar surface area (TPSA) is 26.3 Å². The molecule has 0 aromatic heterocycles. The molecular weight excluding hydrogens is 464 g/mol. The summed E-state index contributed by atoms with van der Waals surface area (Å²) in [5, 5.41) is 0. The fraction of sp³-hybridized carbons (Fsp3) is 0.694. The van der Waals surface area contributed by atoms with Crippen LogP contribution < -0.4 is 0 Å². The first kappa shape index (κ1) is 27.6. The number of allylic oxidation sites excluding steroid dienone is 1. The van der Waals surface area contributed by atoms with E-state index in [2.05, 4.69) is 46.6 Å². The van der Waals surface area contributed by atoms with E-state index in [1.54, 1.807) is 17.7 Å². The number of esters is 1. The van der Waals surface area contributed by atoms with Crippen LogP contribution in [0.2, 0.25) is 0 Å². The Hall–Kier alpha value is -2.01. The predicted octanol–water partition coefficient (Wildman–Crippen LogP) is 9.23. The fourth-order valence-electron chi connectivity index (χ4n) is 9.71. The monoisotopic (exact) mass is 514 g/mol. The minimum Gasteiger partial charge on any atom is -0.458 e. The van der Waals surface area contributed by atoms with Crippen molar-refractivity contribution in [3.8, 4) is 12.3 Å². The average Bonchev–Trinajstić information content (AvgIpc) is 3.26. The lowest BCUT2D eigenvalue weighted by atomic mass is 9.47. The van der Waals surface area contributed by atoms with Gasteiger partial charge in [-0.3, -0.25) is 0 Å². The van der Waals surface area contributed by atoms with Gasteiger partial charge in [0, 0.05) is 12.0 Å². The molecule has 0 saturated heterocycles. The molecule has 0 bridgehead atoms. The number of hydrogen-bond acceptors (Lipinski definition) is 2. The van der Waals surface area contributed by atoms with Gasteiger partial charge < -0.3 is 4.74 Å². The highest BCUT2D eigenvalue weighted by molar-refractivity contribution is 5.90. The van der Waals surface area contributed by atoms with Gasteiger partial charge >= 0.3 is 5.97 Å². The molecule has 2 nitrogen and oxygen atoms in total. The van der Waals surface area contributed by atoms with Crippen molar-refractivity contribution in [1.82, 2.24) is 0 Å². The highest BCUT2D eigenvalue weighted by Gasteiger charge is 2.59. The summed E-state index contributed by atoms with van der Waals surface area (Å²) in [5.74, 6) is 7.48. The second kappa shape index (κ2) is 10.9. The van der Waals surface area contributed by atoms with Crippen LogP contribution in [0.4, 0.5) is 0 Å². The second-order valence-corrected chi connectivity index (χ2v) is 14.3. The summed E-state index contributed by atoms with van der Waals surface area (Å²) in [5.41, 5.74) is 3.66. The minimum absolute atomic E-state index is 0.0238. The number of carbonyl (C=O) groups is 1. The molecule has 0 amide bonds. The van der Waals surface area contributed by atoms with Crippen LogP contribution in [-0.4, -0.2) is 12.1 Å². The first-order valence-electron chi connectivity index (χ1n) is 15.6. The van der Waals surface area contributed by atoms with Gasteiger partial charge in [-0.25, -0.2) is 4.79 Å². The van der Waals surface area contributed by atoms with E-state index in [0.717, 1.165) is 60.3 Å². The highest BCUT2D eigenvalue weighted by atomic mass is 16.5. The van der Waals surface area contributed by atoms with E-state index in [9.17, 15) is 4.79 Å². The summed E-state index contributed by atoms with van der Waals surface area (Å²) >= 11 is 0. The molecule has 0 spiro atoms. The van der Waals surface area contributed by atoms with Crippen molar-refractivity contribution in [2.45, 2.75) is 111 Å². The van der Waals surface area contributed by atoms with Gasteiger partial charge in [-0.1, -0.05) is 77.5 Å². The summed E-state index contributed by atoms with van der Waals surface area (Å²) in [7, 11) is 0. The van der Waals surface area contributed by atoms with Gasteiger partial charge in [0.1, 0.15) is 6.10 Å². The molecule has 3 saturated carbocycles. The van der Waals surface area contributed by atoms with Crippen molar-refractivity contribution in [1.29, 1.82) is 0 Å². The Morgan fingerprint density at radius 1 is 1.08 bits per heavy atom. The Bertz CT molecular complexity index is 1090. The lowest BCUT2D eigenvalue weighted by Crippen LogP contribution is -2.51. The summed E-state index contributed by atoms with van der Waals surface area (Å²) in [4.78, 5) is 12.9. The molecule has 2 heteroatoms. The van der Waals surface area contributed by atoms with E-state index in [1.165, 1.54) is 51.4 Å². The molecule has 8 atom stereocenters. The average molecular weight is 515 g/mol. The highest BCUT2D eigenvalue weighted by Crippen LogP contribution is 2.67. The van der Waals surface area contributed by atoms with Gasteiger partial charge in [0.2, 0.25) is 0 Å². The van der Waals surface area contributed by atoms with Crippen molar-refractivity contribution < 1.29 is 9.53 Å². The van der Waals surface area contributed by atoms with Crippen LogP contribution in [0.5, 0.6) is 0 Å². The summed E-state index contributed by atoms with van der Waals surface area (Å²) in [6.45, 7) is 12.5. The zero-order valence-corrected chi connectivity index (χ0v) is 24.6. The van der Waals surface area contributed by atoms with Crippen molar-refractivity contribution in [3.63, 3.8) is 0 Å². The maximum Gasteiger partial charge on any atom is 0.338 e.